The lowest BCUT2D eigenvalue weighted by molar-refractivity contribution is -0.385. The molecule has 0 bridgehead atoms. The molecular formula is C13H7ClN3O6-. The molecule has 1 N–H and O–H groups in total. The average Bonchev–Trinajstić information content (AvgIpc) is 2.49. The van der Waals surface area contributed by atoms with E-state index in [1.807, 2.05) is 0 Å². The first-order chi connectivity index (χ1) is 10.8. The highest BCUT2D eigenvalue weighted by atomic mass is 35.5. The Kier molecular flexibility index (Phi) is 4.42. The zero-order valence-electron chi connectivity index (χ0n) is 11.2. The summed E-state index contributed by atoms with van der Waals surface area (Å²) >= 11 is 5.82. The lowest BCUT2D eigenvalue weighted by atomic mass is 10.1. The van der Waals surface area contributed by atoms with E-state index in [1.54, 1.807) is 0 Å². The number of hydrogen-bond acceptors (Lipinski definition) is 6. The molecule has 0 aromatic heterocycles. The van der Waals surface area contributed by atoms with Gasteiger partial charge in [0.25, 0.3) is 17.3 Å². The van der Waals surface area contributed by atoms with Gasteiger partial charge in [0.05, 0.1) is 20.6 Å². The lowest BCUT2D eigenvalue weighted by Gasteiger charge is -2.13. The first-order valence-electron chi connectivity index (χ1n) is 6.00. The smallest absolute Gasteiger partial charge is 0.271 e. The Morgan fingerprint density at radius 2 is 1.57 bits per heavy atom. The second kappa shape index (κ2) is 6.28. The second-order valence-corrected chi connectivity index (χ2v) is 4.72. The van der Waals surface area contributed by atoms with Crippen molar-refractivity contribution in [2.45, 2.75) is 0 Å². The molecule has 0 unspecified atom stereocenters. The summed E-state index contributed by atoms with van der Waals surface area (Å²) in [6.45, 7) is 0. The molecule has 0 fully saturated rings. The van der Waals surface area contributed by atoms with E-state index in [9.17, 15) is 30.1 Å². The molecule has 2 rings (SSSR count). The molecule has 0 saturated heterocycles. The molecule has 9 nitrogen and oxygen atoms in total. The van der Waals surface area contributed by atoms with E-state index in [4.69, 9.17) is 11.6 Å². The predicted molar refractivity (Wildman–Crippen MR) is 78.6 cm³/mol. The van der Waals surface area contributed by atoms with Gasteiger partial charge in [0.2, 0.25) is 0 Å². The SMILES string of the molecule is O=C(Nc1ccc([N+](=O)[O-])cc1Cl)c1cc([N+](=O)[O-])ccc1[O-]. The standard InChI is InChI=1S/C13H8ClN3O6/c14-10-6-8(17(22)23)1-3-11(10)15-13(19)9-5-7(16(20)21)2-4-12(9)18/h1-6,18H,(H,15,19)/p-1. The highest BCUT2D eigenvalue weighted by molar-refractivity contribution is 6.34. The first kappa shape index (κ1) is 16.2. The van der Waals surface area contributed by atoms with Gasteiger partial charge in [0.15, 0.2) is 0 Å². The van der Waals surface area contributed by atoms with Gasteiger partial charge in [-0.3, -0.25) is 25.0 Å². The first-order valence-corrected chi connectivity index (χ1v) is 6.38. The van der Waals surface area contributed by atoms with Gasteiger partial charge in [0, 0.05) is 29.8 Å². The van der Waals surface area contributed by atoms with Crippen molar-refractivity contribution in [3.05, 3.63) is 67.2 Å². The fraction of sp³-hybridized carbons (Fsp3) is 0. The molecule has 0 aliphatic rings. The molecule has 118 valence electrons. The molecule has 0 radical (unpaired) electrons. The minimum atomic E-state index is -0.908. The Bertz CT molecular complexity index is 823. The van der Waals surface area contributed by atoms with Crippen molar-refractivity contribution in [1.29, 1.82) is 0 Å². The molecule has 0 atom stereocenters. The van der Waals surface area contributed by atoms with Crippen LogP contribution >= 0.6 is 11.6 Å². The number of nitrogens with one attached hydrogen (secondary N) is 1. The van der Waals surface area contributed by atoms with Crippen LogP contribution in [0.3, 0.4) is 0 Å². The number of nitrogens with zero attached hydrogens (tertiary/aromatic N) is 2. The number of nitro groups is 2. The van der Waals surface area contributed by atoms with E-state index >= 15 is 0 Å². The van der Waals surface area contributed by atoms with Crippen LogP contribution in [-0.2, 0) is 0 Å². The number of carbonyl (C=O) groups is 1. The molecule has 0 heterocycles. The van der Waals surface area contributed by atoms with E-state index in [2.05, 4.69) is 5.32 Å². The summed E-state index contributed by atoms with van der Waals surface area (Å²) in [5.41, 5.74) is -1.08. The molecule has 2 aromatic carbocycles. The average molecular weight is 337 g/mol. The zero-order chi connectivity index (χ0) is 17.1. The summed E-state index contributed by atoms with van der Waals surface area (Å²) in [5.74, 6) is -1.61. The highest BCUT2D eigenvalue weighted by Crippen LogP contribution is 2.28. The molecule has 0 aliphatic heterocycles. The summed E-state index contributed by atoms with van der Waals surface area (Å²) in [6, 6.07) is 6.08. The number of benzene rings is 2. The molecule has 0 spiro atoms. The maximum atomic E-state index is 12.1. The van der Waals surface area contributed by atoms with Crippen LogP contribution in [0.1, 0.15) is 10.4 Å². The summed E-state index contributed by atoms with van der Waals surface area (Å²) in [4.78, 5) is 32.0. The number of amides is 1. The number of carbonyl (C=O) groups excluding carboxylic acids is 1. The van der Waals surface area contributed by atoms with Crippen LogP contribution < -0.4 is 10.4 Å². The molecule has 0 aliphatic carbocycles. The molecule has 0 saturated carbocycles. The van der Waals surface area contributed by atoms with Crippen molar-refractivity contribution in [2.24, 2.45) is 0 Å². The monoisotopic (exact) mass is 336 g/mol. The Morgan fingerprint density at radius 3 is 2.13 bits per heavy atom. The van der Waals surface area contributed by atoms with Crippen LogP contribution in [0.5, 0.6) is 5.75 Å². The largest absolute Gasteiger partial charge is 0.872 e. The highest BCUT2D eigenvalue weighted by Gasteiger charge is 2.15. The van der Waals surface area contributed by atoms with Crippen molar-refractivity contribution in [2.75, 3.05) is 5.32 Å². The fourth-order valence-corrected chi connectivity index (χ4v) is 1.94. The summed E-state index contributed by atoms with van der Waals surface area (Å²) in [5, 5.41) is 35.1. The van der Waals surface area contributed by atoms with E-state index in [0.717, 1.165) is 30.3 Å². The van der Waals surface area contributed by atoms with Crippen molar-refractivity contribution in [1.82, 2.24) is 0 Å². The Balaban J connectivity index is 2.31. The third-order valence-electron chi connectivity index (χ3n) is 2.83. The van der Waals surface area contributed by atoms with Crippen LogP contribution in [0.25, 0.3) is 0 Å². The van der Waals surface area contributed by atoms with Gasteiger partial charge in [-0.25, -0.2) is 0 Å². The van der Waals surface area contributed by atoms with Gasteiger partial charge >= 0.3 is 0 Å². The van der Waals surface area contributed by atoms with Crippen LogP contribution in [0, 0.1) is 20.2 Å². The van der Waals surface area contributed by atoms with Gasteiger partial charge in [-0.1, -0.05) is 23.4 Å². The minimum absolute atomic E-state index is 0.0353. The Morgan fingerprint density at radius 1 is 1.00 bits per heavy atom. The number of rotatable bonds is 4. The van der Waals surface area contributed by atoms with Crippen molar-refractivity contribution in [3.8, 4) is 5.75 Å². The van der Waals surface area contributed by atoms with Gasteiger partial charge in [-0.2, -0.15) is 0 Å². The predicted octanol–water partition coefficient (Wildman–Crippen LogP) is 2.48. The van der Waals surface area contributed by atoms with Crippen molar-refractivity contribution >= 4 is 34.6 Å². The normalized spacial score (nSPS) is 10.1. The molecule has 2 aromatic rings. The Labute approximate surface area is 133 Å². The zero-order valence-corrected chi connectivity index (χ0v) is 11.9. The number of anilines is 1. The van der Waals surface area contributed by atoms with Gasteiger partial charge in [-0.15, -0.1) is 0 Å². The van der Waals surface area contributed by atoms with Gasteiger partial charge in [0.1, 0.15) is 0 Å². The minimum Gasteiger partial charge on any atom is -0.872 e. The summed E-state index contributed by atoms with van der Waals surface area (Å²) in [6.07, 6.45) is 0. The van der Waals surface area contributed by atoms with Crippen LogP contribution in [0.4, 0.5) is 17.1 Å². The summed E-state index contributed by atoms with van der Waals surface area (Å²) < 4.78 is 0. The lowest BCUT2D eigenvalue weighted by Crippen LogP contribution is -2.15. The van der Waals surface area contributed by atoms with Crippen molar-refractivity contribution in [3.63, 3.8) is 0 Å². The van der Waals surface area contributed by atoms with E-state index in [0.29, 0.717) is 0 Å². The molecule has 10 heteroatoms. The van der Waals surface area contributed by atoms with E-state index in [-0.39, 0.29) is 16.4 Å². The van der Waals surface area contributed by atoms with Crippen molar-refractivity contribution < 1.29 is 19.7 Å². The fourth-order valence-electron chi connectivity index (χ4n) is 1.72. The van der Waals surface area contributed by atoms with Crippen LogP contribution in [0.2, 0.25) is 5.02 Å². The maximum absolute atomic E-state index is 12.1. The van der Waals surface area contributed by atoms with Gasteiger partial charge < -0.3 is 10.4 Å². The molecule has 23 heavy (non-hydrogen) atoms. The van der Waals surface area contributed by atoms with Crippen LogP contribution in [-0.4, -0.2) is 15.8 Å². The third kappa shape index (κ3) is 3.52. The van der Waals surface area contributed by atoms with E-state index in [1.165, 1.54) is 6.07 Å². The number of nitro benzene ring substituents is 2. The summed E-state index contributed by atoms with van der Waals surface area (Å²) in [7, 11) is 0. The third-order valence-corrected chi connectivity index (χ3v) is 3.14. The number of halogens is 1. The van der Waals surface area contributed by atoms with E-state index < -0.39 is 32.8 Å². The second-order valence-electron chi connectivity index (χ2n) is 4.31. The molecular weight excluding hydrogens is 330 g/mol. The maximum Gasteiger partial charge on any atom is 0.271 e. The van der Waals surface area contributed by atoms with Gasteiger partial charge in [-0.05, 0) is 6.07 Å². The topological polar surface area (TPSA) is 138 Å². The molecule has 1 amide bonds. The number of hydrogen-bond donors (Lipinski definition) is 1. The van der Waals surface area contributed by atoms with Crippen LogP contribution in [0.15, 0.2) is 36.4 Å². The quantitative estimate of drug-likeness (QED) is 0.672. The Hall–Kier alpha value is -3.20. The number of non-ortho nitro benzene ring substituents is 2.